The molecule has 5 atom stereocenters. The van der Waals surface area contributed by atoms with E-state index in [1.54, 1.807) is 35.9 Å². The predicted molar refractivity (Wildman–Crippen MR) is 135 cm³/mol. The van der Waals surface area contributed by atoms with Gasteiger partial charge in [-0.3, -0.25) is 10.1 Å². The minimum absolute atomic E-state index is 0.135. The second-order valence-electron chi connectivity index (χ2n) is 9.29. The molecule has 1 saturated heterocycles. The van der Waals surface area contributed by atoms with Crippen molar-refractivity contribution in [2.75, 3.05) is 29.0 Å². The largest absolute Gasteiger partial charge is 0.388 e. The first-order chi connectivity index (χ1) is 17.8. The minimum Gasteiger partial charge on any atom is -0.388 e. The van der Waals surface area contributed by atoms with Crippen LogP contribution >= 0.6 is 0 Å². The number of nitrogens with one attached hydrogen (secondary N) is 3. The minimum atomic E-state index is -1.13. The summed E-state index contributed by atoms with van der Waals surface area (Å²) >= 11 is 0. The van der Waals surface area contributed by atoms with Crippen molar-refractivity contribution in [2.24, 2.45) is 0 Å². The number of nitrogens with zero attached hydrogens (tertiary/aromatic N) is 6. The summed E-state index contributed by atoms with van der Waals surface area (Å²) in [6, 6.07) is 3.62. The van der Waals surface area contributed by atoms with Crippen LogP contribution < -0.4 is 26.6 Å². The lowest BCUT2D eigenvalue weighted by Crippen LogP contribution is -2.42. The molecular formula is C23H30N10O4. The van der Waals surface area contributed by atoms with Crippen molar-refractivity contribution in [3.05, 3.63) is 30.7 Å². The topological polar surface area (TPSA) is 196 Å². The van der Waals surface area contributed by atoms with Crippen LogP contribution in [0.4, 0.5) is 22.4 Å². The number of carbonyl (C=O) groups excluding carboxylic acids is 2. The molecule has 5 rings (SSSR count). The zero-order valence-corrected chi connectivity index (χ0v) is 20.3. The molecule has 3 aromatic heterocycles. The van der Waals surface area contributed by atoms with Crippen LogP contribution in [0.15, 0.2) is 30.7 Å². The van der Waals surface area contributed by atoms with Crippen LogP contribution in [-0.4, -0.2) is 84.0 Å². The smallest absolute Gasteiger partial charge is 0.320 e. The zero-order valence-electron chi connectivity index (χ0n) is 20.3. The predicted octanol–water partition coefficient (Wildman–Crippen LogP) is -0.235. The fourth-order valence-electron chi connectivity index (χ4n) is 4.88. The van der Waals surface area contributed by atoms with Gasteiger partial charge in [0.15, 0.2) is 11.5 Å². The number of anilines is 3. The molecule has 0 bridgehead atoms. The Morgan fingerprint density at radius 1 is 1.16 bits per heavy atom. The maximum absolute atomic E-state index is 12.4. The normalized spacial score (nSPS) is 25.4. The van der Waals surface area contributed by atoms with Gasteiger partial charge in [0.05, 0.1) is 18.4 Å². The highest BCUT2D eigenvalue weighted by molar-refractivity contribution is 5.88. The van der Waals surface area contributed by atoms with Crippen molar-refractivity contribution in [3.8, 4) is 0 Å². The molecule has 0 spiro atoms. The van der Waals surface area contributed by atoms with Crippen LogP contribution in [0.25, 0.3) is 11.2 Å². The van der Waals surface area contributed by atoms with E-state index in [-0.39, 0.29) is 30.2 Å². The molecule has 37 heavy (non-hydrogen) atoms. The number of fused-ring (bicyclic) bond motifs is 1. The monoisotopic (exact) mass is 510 g/mol. The highest BCUT2D eigenvalue weighted by atomic mass is 16.3. The number of aromatic nitrogens is 5. The third-order valence-electron chi connectivity index (χ3n) is 6.83. The van der Waals surface area contributed by atoms with Gasteiger partial charge < -0.3 is 36.0 Å². The molecule has 14 nitrogen and oxygen atoms in total. The molecule has 3 aromatic rings. The first kappa shape index (κ1) is 24.6. The SMILES string of the molecule is CCC(=O)N[C@H]1C[C@@H](n2cnc3c(N)nc(N4CC[C@@H](NC(=O)Nc5ccccn5)C4)nc32)[C@H](O)[C@@H]1O. The van der Waals surface area contributed by atoms with E-state index in [0.29, 0.717) is 48.9 Å². The van der Waals surface area contributed by atoms with E-state index >= 15 is 0 Å². The van der Waals surface area contributed by atoms with E-state index in [2.05, 4.69) is 35.9 Å². The number of imidazole rings is 1. The Morgan fingerprint density at radius 3 is 2.76 bits per heavy atom. The fraction of sp³-hybridized carbons (Fsp3) is 0.478. The van der Waals surface area contributed by atoms with Gasteiger partial charge in [-0.2, -0.15) is 9.97 Å². The summed E-state index contributed by atoms with van der Waals surface area (Å²) in [5, 5.41) is 29.6. The molecule has 3 amide bonds. The second kappa shape index (κ2) is 10.1. The number of aliphatic hydroxyl groups excluding tert-OH is 2. The summed E-state index contributed by atoms with van der Waals surface area (Å²) in [6.07, 6.45) is 2.13. The Kier molecular flexibility index (Phi) is 6.76. The summed E-state index contributed by atoms with van der Waals surface area (Å²) < 4.78 is 1.68. The summed E-state index contributed by atoms with van der Waals surface area (Å²) in [4.78, 5) is 43.6. The first-order valence-corrected chi connectivity index (χ1v) is 12.2. The number of nitrogen functional groups attached to an aromatic ring is 1. The molecule has 14 heteroatoms. The Labute approximate surface area is 212 Å². The fourth-order valence-corrected chi connectivity index (χ4v) is 4.88. The van der Waals surface area contributed by atoms with E-state index in [1.165, 1.54) is 6.33 Å². The number of pyridine rings is 1. The maximum Gasteiger partial charge on any atom is 0.320 e. The van der Waals surface area contributed by atoms with Gasteiger partial charge in [-0.1, -0.05) is 13.0 Å². The van der Waals surface area contributed by atoms with Crippen LogP contribution in [0, 0.1) is 0 Å². The quantitative estimate of drug-likeness (QED) is 0.257. The maximum atomic E-state index is 12.4. The highest BCUT2D eigenvalue weighted by Crippen LogP contribution is 2.34. The Balaban J connectivity index is 1.31. The molecule has 2 fully saturated rings. The first-order valence-electron chi connectivity index (χ1n) is 12.2. The zero-order chi connectivity index (χ0) is 26.1. The van der Waals surface area contributed by atoms with E-state index in [0.717, 1.165) is 0 Å². The van der Waals surface area contributed by atoms with Crippen molar-refractivity contribution in [3.63, 3.8) is 0 Å². The number of hydrogen-bond acceptors (Lipinski definition) is 10. The van der Waals surface area contributed by atoms with Crippen LogP contribution in [0.1, 0.15) is 32.2 Å². The standard InChI is InChI=1S/C23H30N10O4/c1-2-16(34)28-13-9-14(19(36)18(13)35)33-11-26-17-20(24)30-22(31-21(17)33)32-8-6-12(10-32)27-23(37)29-15-5-3-4-7-25-15/h3-5,7,11-14,18-19,35-36H,2,6,8-10H2,1H3,(H,28,34)(H2,24,30,31)(H2,25,27,29,37)/t12-,13+,14-,18-,19+/m1/s1. The van der Waals surface area contributed by atoms with Crippen molar-refractivity contribution < 1.29 is 19.8 Å². The molecule has 7 N–H and O–H groups in total. The number of hydrogen-bond donors (Lipinski definition) is 6. The molecule has 2 aliphatic rings. The number of carbonyl (C=O) groups is 2. The summed E-state index contributed by atoms with van der Waals surface area (Å²) in [5.74, 6) is 0.824. The van der Waals surface area contributed by atoms with Gasteiger partial charge >= 0.3 is 6.03 Å². The molecule has 196 valence electrons. The van der Waals surface area contributed by atoms with Gasteiger partial charge in [-0.25, -0.2) is 14.8 Å². The van der Waals surface area contributed by atoms with Gasteiger partial charge in [-0.15, -0.1) is 0 Å². The molecule has 0 aromatic carbocycles. The number of rotatable bonds is 6. The Bertz CT molecular complexity index is 1290. The molecule has 1 aliphatic carbocycles. The van der Waals surface area contributed by atoms with E-state index in [1.807, 2.05) is 4.90 Å². The average molecular weight is 511 g/mol. The second-order valence-corrected chi connectivity index (χ2v) is 9.29. The Hall–Kier alpha value is -4.04. The van der Waals surface area contributed by atoms with Crippen LogP contribution in [0.5, 0.6) is 0 Å². The summed E-state index contributed by atoms with van der Waals surface area (Å²) in [6.45, 7) is 2.80. The van der Waals surface area contributed by atoms with Crippen LogP contribution in [0.2, 0.25) is 0 Å². The van der Waals surface area contributed by atoms with Gasteiger partial charge in [0.2, 0.25) is 11.9 Å². The van der Waals surface area contributed by atoms with E-state index < -0.39 is 24.3 Å². The number of urea groups is 1. The van der Waals surface area contributed by atoms with E-state index in [9.17, 15) is 19.8 Å². The van der Waals surface area contributed by atoms with Crippen molar-refractivity contribution in [1.82, 2.24) is 35.1 Å². The lowest BCUT2D eigenvalue weighted by Gasteiger charge is -2.20. The van der Waals surface area contributed by atoms with Crippen LogP contribution in [0.3, 0.4) is 0 Å². The Morgan fingerprint density at radius 2 is 2.00 bits per heavy atom. The third-order valence-corrected chi connectivity index (χ3v) is 6.83. The van der Waals surface area contributed by atoms with Gasteiger partial charge in [-0.05, 0) is 25.0 Å². The molecule has 1 aliphatic heterocycles. The molecular weight excluding hydrogens is 480 g/mol. The number of nitrogens with two attached hydrogens (primary N) is 1. The third kappa shape index (κ3) is 4.97. The van der Waals surface area contributed by atoms with E-state index in [4.69, 9.17) is 5.73 Å². The van der Waals surface area contributed by atoms with Gasteiger partial charge in [0.1, 0.15) is 23.5 Å². The molecule has 1 saturated carbocycles. The van der Waals surface area contributed by atoms with Crippen molar-refractivity contribution >= 4 is 40.7 Å². The lowest BCUT2D eigenvalue weighted by molar-refractivity contribution is -0.122. The lowest BCUT2D eigenvalue weighted by atomic mass is 10.2. The highest BCUT2D eigenvalue weighted by Gasteiger charge is 2.43. The molecule has 4 heterocycles. The summed E-state index contributed by atoms with van der Waals surface area (Å²) in [7, 11) is 0. The molecule has 0 unspecified atom stereocenters. The van der Waals surface area contributed by atoms with Crippen molar-refractivity contribution in [1.29, 1.82) is 0 Å². The number of amides is 3. The molecule has 0 radical (unpaired) electrons. The van der Waals surface area contributed by atoms with Gasteiger partial charge in [0, 0.05) is 31.7 Å². The van der Waals surface area contributed by atoms with Crippen molar-refractivity contribution in [2.45, 2.75) is 56.5 Å². The average Bonchev–Trinajstić information content (AvgIpc) is 3.59. The summed E-state index contributed by atoms with van der Waals surface area (Å²) in [5.41, 5.74) is 7.01. The number of aliphatic hydroxyl groups is 2. The van der Waals surface area contributed by atoms with Crippen LogP contribution in [-0.2, 0) is 4.79 Å². The van der Waals surface area contributed by atoms with Gasteiger partial charge in [0.25, 0.3) is 0 Å².